The van der Waals surface area contributed by atoms with Crippen LogP contribution in [0.4, 0.5) is 4.39 Å². The molecule has 118 valence electrons. The topological polar surface area (TPSA) is 41.4 Å². The van der Waals surface area contributed by atoms with Crippen LogP contribution in [0.1, 0.15) is 19.0 Å². The number of pyridine rings is 2. The minimum Gasteiger partial charge on any atom is -0.246 e. The van der Waals surface area contributed by atoms with Crippen LogP contribution in [0.3, 0.4) is 0 Å². The summed E-state index contributed by atoms with van der Waals surface area (Å²) in [4.78, 5) is 8.29. The number of aromatic nitrogens is 2. The SMILES string of the molecule is CC1=NN2C(=CCC=C2c2cccc(-c3ccnc(F)c3)n2)C=C1. The van der Waals surface area contributed by atoms with Crippen molar-refractivity contribution in [2.45, 2.75) is 13.3 Å². The Morgan fingerprint density at radius 3 is 2.83 bits per heavy atom. The van der Waals surface area contributed by atoms with Gasteiger partial charge in [-0.2, -0.15) is 9.49 Å². The van der Waals surface area contributed by atoms with Gasteiger partial charge in [0.2, 0.25) is 5.95 Å². The van der Waals surface area contributed by atoms with E-state index in [1.807, 2.05) is 36.2 Å². The van der Waals surface area contributed by atoms with Gasteiger partial charge < -0.3 is 0 Å². The fourth-order valence-corrected chi connectivity index (χ4v) is 2.76. The van der Waals surface area contributed by atoms with Gasteiger partial charge >= 0.3 is 0 Å². The smallest absolute Gasteiger partial charge is 0.213 e. The van der Waals surface area contributed by atoms with Gasteiger partial charge in [-0.05, 0) is 43.7 Å². The average Bonchev–Trinajstić information content (AvgIpc) is 2.61. The van der Waals surface area contributed by atoms with Crippen molar-refractivity contribution in [3.8, 4) is 11.3 Å². The van der Waals surface area contributed by atoms with E-state index in [9.17, 15) is 4.39 Å². The van der Waals surface area contributed by atoms with Gasteiger partial charge in [0, 0.05) is 17.8 Å². The molecule has 0 saturated heterocycles. The molecule has 0 aliphatic carbocycles. The average molecular weight is 318 g/mol. The second kappa shape index (κ2) is 5.85. The predicted octanol–water partition coefficient (Wildman–Crippen LogP) is 4.16. The zero-order valence-electron chi connectivity index (χ0n) is 13.1. The number of allylic oxidation sites excluding steroid dienone is 4. The molecule has 0 unspecified atom stereocenters. The van der Waals surface area contributed by atoms with E-state index < -0.39 is 5.95 Å². The van der Waals surface area contributed by atoms with Crippen LogP contribution in [0.2, 0.25) is 0 Å². The molecular formula is C19H15FN4. The van der Waals surface area contributed by atoms with Crippen molar-refractivity contribution in [1.82, 2.24) is 15.0 Å². The van der Waals surface area contributed by atoms with Crippen LogP contribution in [-0.2, 0) is 0 Å². The van der Waals surface area contributed by atoms with Crippen LogP contribution in [0.15, 0.2) is 71.6 Å². The molecule has 0 amide bonds. The van der Waals surface area contributed by atoms with E-state index in [0.717, 1.165) is 29.2 Å². The first-order chi connectivity index (χ1) is 11.7. The Hall–Kier alpha value is -3.08. The van der Waals surface area contributed by atoms with Gasteiger partial charge in [-0.3, -0.25) is 0 Å². The summed E-state index contributed by atoms with van der Waals surface area (Å²) >= 11 is 0. The lowest BCUT2D eigenvalue weighted by Crippen LogP contribution is -2.21. The van der Waals surface area contributed by atoms with Gasteiger partial charge in [0.05, 0.1) is 28.5 Å². The van der Waals surface area contributed by atoms with E-state index in [1.165, 1.54) is 12.3 Å². The molecule has 0 N–H and O–H groups in total. The molecule has 4 heterocycles. The molecule has 24 heavy (non-hydrogen) atoms. The summed E-state index contributed by atoms with van der Waals surface area (Å²) in [5, 5.41) is 6.50. The van der Waals surface area contributed by atoms with Crippen molar-refractivity contribution < 1.29 is 4.39 Å². The number of fused-ring (bicyclic) bond motifs is 1. The summed E-state index contributed by atoms with van der Waals surface area (Å²) in [5.74, 6) is -0.511. The van der Waals surface area contributed by atoms with Crippen LogP contribution in [-0.4, -0.2) is 20.7 Å². The lowest BCUT2D eigenvalue weighted by atomic mass is 10.1. The molecule has 4 nitrogen and oxygen atoms in total. The highest BCUT2D eigenvalue weighted by Crippen LogP contribution is 2.31. The van der Waals surface area contributed by atoms with Crippen molar-refractivity contribution in [3.05, 3.63) is 78.2 Å². The Bertz CT molecular complexity index is 924. The molecule has 0 atom stereocenters. The summed E-state index contributed by atoms with van der Waals surface area (Å²) in [6.07, 6.45) is 10.5. The molecule has 0 radical (unpaired) electrons. The summed E-state index contributed by atoms with van der Waals surface area (Å²) < 4.78 is 13.4. The van der Waals surface area contributed by atoms with Crippen molar-refractivity contribution in [2.24, 2.45) is 5.10 Å². The van der Waals surface area contributed by atoms with Crippen LogP contribution in [0.5, 0.6) is 0 Å². The fourth-order valence-electron chi connectivity index (χ4n) is 2.76. The summed E-state index contributed by atoms with van der Waals surface area (Å²) in [6.45, 7) is 1.96. The maximum absolute atomic E-state index is 13.4. The Balaban J connectivity index is 1.74. The minimum absolute atomic E-state index is 0.511. The monoisotopic (exact) mass is 318 g/mol. The highest BCUT2D eigenvalue weighted by molar-refractivity contribution is 5.94. The summed E-state index contributed by atoms with van der Waals surface area (Å²) in [7, 11) is 0. The largest absolute Gasteiger partial charge is 0.246 e. The van der Waals surface area contributed by atoms with Gasteiger partial charge in [-0.25, -0.2) is 15.0 Å². The standard InChI is InChI=1S/C19H15FN4/c1-13-8-9-15-4-2-7-18(24(15)23-13)17-6-3-5-16(22-17)14-10-11-21-19(20)12-14/h3-12H,2H2,1H3. The molecule has 4 rings (SSSR count). The van der Waals surface area contributed by atoms with E-state index in [2.05, 4.69) is 28.3 Å². The lowest BCUT2D eigenvalue weighted by Gasteiger charge is -2.28. The molecule has 0 spiro atoms. The number of hydrogen-bond acceptors (Lipinski definition) is 4. The molecule has 2 aliphatic heterocycles. The summed E-state index contributed by atoms with van der Waals surface area (Å²) in [5.41, 5.74) is 5.14. The van der Waals surface area contributed by atoms with Crippen LogP contribution >= 0.6 is 0 Å². The molecule has 0 fully saturated rings. The molecular weight excluding hydrogens is 303 g/mol. The van der Waals surface area contributed by atoms with Crippen LogP contribution < -0.4 is 0 Å². The fraction of sp³-hybridized carbons (Fsp3) is 0.105. The Kier molecular flexibility index (Phi) is 3.54. The first-order valence-electron chi connectivity index (χ1n) is 7.74. The third kappa shape index (κ3) is 2.65. The van der Waals surface area contributed by atoms with Gasteiger partial charge in [0.15, 0.2) is 0 Å². The van der Waals surface area contributed by atoms with E-state index in [0.29, 0.717) is 11.3 Å². The summed E-state index contributed by atoms with van der Waals surface area (Å²) in [6, 6.07) is 8.87. The van der Waals surface area contributed by atoms with Gasteiger partial charge in [-0.15, -0.1) is 0 Å². The second-order valence-electron chi connectivity index (χ2n) is 5.62. The van der Waals surface area contributed by atoms with E-state index in [-0.39, 0.29) is 0 Å². The number of hydrogen-bond donors (Lipinski definition) is 0. The zero-order chi connectivity index (χ0) is 16.5. The zero-order valence-corrected chi connectivity index (χ0v) is 13.1. The van der Waals surface area contributed by atoms with E-state index >= 15 is 0 Å². The number of hydrazone groups is 1. The predicted molar refractivity (Wildman–Crippen MR) is 92.2 cm³/mol. The third-order valence-corrected chi connectivity index (χ3v) is 3.90. The van der Waals surface area contributed by atoms with Crippen LogP contribution in [0.25, 0.3) is 17.0 Å². The molecule has 0 saturated carbocycles. The van der Waals surface area contributed by atoms with Crippen molar-refractivity contribution in [3.63, 3.8) is 0 Å². The first kappa shape index (κ1) is 14.5. The number of halogens is 1. The first-order valence-corrected chi connectivity index (χ1v) is 7.74. The molecule has 0 bridgehead atoms. The third-order valence-electron chi connectivity index (χ3n) is 3.90. The van der Waals surface area contributed by atoms with Gasteiger partial charge in [-0.1, -0.05) is 18.2 Å². The highest BCUT2D eigenvalue weighted by atomic mass is 19.1. The maximum Gasteiger partial charge on any atom is 0.213 e. The highest BCUT2D eigenvalue weighted by Gasteiger charge is 2.20. The number of rotatable bonds is 2. The quantitative estimate of drug-likeness (QED) is 0.781. The normalized spacial score (nSPS) is 16.2. The molecule has 2 aromatic rings. The van der Waals surface area contributed by atoms with E-state index in [1.54, 1.807) is 6.07 Å². The Morgan fingerprint density at radius 2 is 1.96 bits per heavy atom. The second-order valence-corrected chi connectivity index (χ2v) is 5.62. The minimum atomic E-state index is -0.511. The maximum atomic E-state index is 13.4. The Labute approximate surface area is 139 Å². The van der Waals surface area contributed by atoms with Crippen molar-refractivity contribution in [2.75, 3.05) is 0 Å². The Morgan fingerprint density at radius 1 is 1.08 bits per heavy atom. The molecule has 2 aromatic heterocycles. The molecule has 2 aliphatic rings. The van der Waals surface area contributed by atoms with Gasteiger partial charge in [0.1, 0.15) is 0 Å². The molecule has 0 aromatic carbocycles. The van der Waals surface area contributed by atoms with Crippen LogP contribution in [0, 0.1) is 5.95 Å². The van der Waals surface area contributed by atoms with Gasteiger partial charge in [0.25, 0.3) is 0 Å². The van der Waals surface area contributed by atoms with Crippen molar-refractivity contribution >= 4 is 11.4 Å². The van der Waals surface area contributed by atoms with Crippen molar-refractivity contribution in [1.29, 1.82) is 0 Å². The van der Waals surface area contributed by atoms with E-state index in [4.69, 9.17) is 4.98 Å². The lowest BCUT2D eigenvalue weighted by molar-refractivity contribution is 0.523. The molecule has 5 heteroatoms. The number of nitrogens with zero attached hydrogens (tertiary/aromatic N) is 4.